The van der Waals surface area contributed by atoms with Crippen LogP contribution in [0.3, 0.4) is 0 Å². The predicted octanol–water partition coefficient (Wildman–Crippen LogP) is 0.651. The maximum absolute atomic E-state index is 9.94. The number of nitrogens with zero attached hydrogens (tertiary/aromatic N) is 2. The summed E-state index contributed by atoms with van der Waals surface area (Å²) in [6.45, 7) is 3.02. The van der Waals surface area contributed by atoms with Crippen LogP contribution in [-0.4, -0.2) is 61.3 Å². The molecule has 0 bridgehead atoms. The van der Waals surface area contributed by atoms with Gasteiger partial charge < -0.3 is 20.5 Å². The Morgan fingerprint density at radius 1 is 1.43 bits per heavy atom. The van der Waals surface area contributed by atoms with Crippen LogP contribution in [-0.2, 0) is 13.1 Å². The lowest BCUT2D eigenvalue weighted by atomic mass is 10.1. The first-order valence-electron chi connectivity index (χ1n) is 7.46. The average molecular weight is 293 g/mol. The number of nitrogens with two attached hydrogens (primary N) is 1. The molecule has 1 aliphatic heterocycles. The quantitative estimate of drug-likeness (QED) is 0.806. The minimum Gasteiger partial charge on any atom is -0.496 e. The Morgan fingerprint density at radius 3 is 2.81 bits per heavy atom. The molecule has 2 atom stereocenters. The van der Waals surface area contributed by atoms with E-state index in [0.29, 0.717) is 12.6 Å². The fourth-order valence-corrected chi connectivity index (χ4v) is 3.09. The molecule has 118 valence electrons. The van der Waals surface area contributed by atoms with Crippen molar-refractivity contribution >= 4 is 0 Å². The molecule has 1 fully saturated rings. The van der Waals surface area contributed by atoms with Crippen LogP contribution in [0.25, 0.3) is 0 Å². The van der Waals surface area contributed by atoms with E-state index in [4.69, 9.17) is 10.5 Å². The molecule has 0 spiro atoms. The number of methoxy groups -OCH3 is 1. The van der Waals surface area contributed by atoms with Crippen molar-refractivity contribution in [1.82, 2.24) is 9.80 Å². The number of ether oxygens (including phenoxy) is 1. The van der Waals surface area contributed by atoms with Crippen molar-refractivity contribution in [2.75, 3.05) is 34.3 Å². The second-order valence-corrected chi connectivity index (χ2v) is 6.09. The van der Waals surface area contributed by atoms with Gasteiger partial charge in [0.1, 0.15) is 5.75 Å². The normalized spacial score (nSPS) is 23.0. The van der Waals surface area contributed by atoms with Gasteiger partial charge in [0.05, 0.1) is 13.2 Å². The summed E-state index contributed by atoms with van der Waals surface area (Å²) in [5.41, 5.74) is 8.02. The van der Waals surface area contributed by atoms with Gasteiger partial charge in [-0.15, -0.1) is 0 Å². The number of hydrogen-bond donors (Lipinski definition) is 2. The third kappa shape index (κ3) is 4.17. The first kappa shape index (κ1) is 16.2. The highest BCUT2D eigenvalue weighted by Crippen LogP contribution is 2.24. The first-order valence-corrected chi connectivity index (χ1v) is 7.46. The molecule has 2 unspecified atom stereocenters. The van der Waals surface area contributed by atoms with Gasteiger partial charge in [0.25, 0.3) is 0 Å². The standard InChI is InChI=1S/C16H27N3O2/c1-18(2)10-14-7-15(20)11-19(14)9-12-4-5-16(21-3)13(6-12)8-17/h4-6,14-15,20H,7-11,17H2,1-3H3. The van der Waals surface area contributed by atoms with E-state index in [9.17, 15) is 5.11 Å². The highest BCUT2D eigenvalue weighted by molar-refractivity contribution is 5.37. The van der Waals surface area contributed by atoms with Crippen molar-refractivity contribution in [1.29, 1.82) is 0 Å². The van der Waals surface area contributed by atoms with Crippen molar-refractivity contribution < 1.29 is 9.84 Å². The molecule has 5 heteroatoms. The zero-order valence-corrected chi connectivity index (χ0v) is 13.2. The fourth-order valence-electron chi connectivity index (χ4n) is 3.09. The maximum atomic E-state index is 9.94. The van der Waals surface area contributed by atoms with Gasteiger partial charge in [-0.1, -0.05) is 6.07 Å². The number of rotatable bonds is 6. The molecule has 0 saturated carbocycles. The molecular weight excluding hydrogens is 266 g/mol. The Balaban J connectivity index is 2.09. The third-order valence-corrected chi connectivity index (χ3v) is 4.03. The minimum absolute atomic E-state index is 0.220. The lowest BCUT2D eigenvalue weighted by Crippen LogP contribution is -2.37. The lowest BCUT2D eigenvalue weighted by Gasteiger charge is -2.27. The molecule has 5 nitrogen and oxygen atoms in total. The lowest BCUT2D eigenvalue weighted by molar-refractivity contribution is 0.169. The smallest absolute Gasteiger partial charge is 0.123 e. The van der Waals surface area contributed by atoms with Gasteiger partial charge in [-0.05, 0) is 38.2 Å². The number of β-amino-alcohol motifs (C(OH)–C–C–N with tert-alkyl or cyclic N) is 1. The Hall–Kier alpha value is -1.14. The molecule has 1 aromatic rings. The minimum atomic E-state index is -0.220. The van der Waals surface area contributed by atoms with Crippen molar-refractivity contribution in [2.24, 2.45) is 5.73 Å². The van der Waals surface area contributed by atoms with Crippen LogP contribution < -0.4 is 10.5 Å². The highest BCUT2D eigenvalue weighted by atomic mass is 16.5. The summed E-state index contributed by atoms with van der Waals surface area (Å²) in [6.07, 6.45) is 0.625. The van der Waals surface area contributed by atoms with Crippen LogP contribution >= 0.6 is 0 Å². The van der Waals surface area contributed by atoms with Gasteiger partial charge >= 0.3 is 0 Å². The molecule has 0 radical (unpaired) electrons. The summed E-state index contributed by atoms with van der Waals surface area (Å²) < 4.78 is 5.31. The Bertz CT molecular complexity index is 465. The second kappa shape index (κ2) is 7.22. The summed E-state index contributed by atoms with van der Waals surface area (Å²) >= 11 is 0. The van der Waals surface area contributed by atoms with Crippen LogP contribution in [0.15, 0.2) is 18.2 Å². The number of likely N-dealkylation sites (N-methyl/N-ethyl adjacent to an activating group) is 1. The Morgan fingerprint density at radius 2 is 2.19 bits per heavy atom. The van der Waals surface area contributed by atoms with Gasteiger partial charge in [0.2, 0.25) is 0 Å². The maximum Gasteiger partial charge on any atom is 0.123 e. The van der Waals surface area contributed by atoms with Crippen LogP contribution in [0.1, 0.15) is 17.5 Å². The zero-order valence-electron chi connectivity index (χ0n) is 13.2. The molecule has 0 amide bonds. The van der Waals surface area contributed by atoms with Crippen molar-refractivity contribution in [2.45, 2.75) is 31.7 Å². The summed E-state index contributed by atoms with van der Waals surface area (Å²) in [4.78, 5) is 4.53. The van der Waals surface area contributed by atoms with Crippen molar-refractivity contribution in [3.8, 4) is 5.75 Å². The van der Waals surface area contributed by atoms with Gasteiger partial charge in [-0.2, -0.15) is 0 Å². The van der Waals surface area contributed by atoms with Crippen molar-refractivity contribution in [3.05, 3.63) is 29.3 Å². The van der Waals surface area contributed by atoms with Crippen LogP contribution in [0, 0.1) is 0 Å². The van der Waals surface area contributed by atoms with E-state index in [0.717, 1.165) is 37.4 Å². The number of aliphatic hydroxyl groups is 1. The molecule has 0 aliphatic carbocycles. The molecule has 1 heterocycles. The number of hydrogen-bond acceptors (Lipinski definition) is 5. The van der Waals surface area contributed by atoms with E-state index < -0.39 is 0 Å². The highest BCUT2D eigenvalue weighted by Gasteiger charge is 2.31. The zero-order chi connectivity index (χ0) is 15.4. The average Bonchev–Trinajstić information content (AvgIpc) is 2.77. The summed E-state index contributed by atoms with van der Waals surface area (Å²) in [5.74, 6) is 0.840. The third-order valence-electron chi connectivity index (χ3n) is 4.03. The van der Waals surface area contributed by atoms with E-state index in [-0.39, 0.29) is 6.10 Å². The molecule has 2 rings (SSSR count). The van der Waals surface area contributed by atoms with Gasteiger partial charge in [-0.3, -0.25) is 4.90 Å². The van der Waals surface area contributed by atoms with Gasteiger partial charge in [0.15, 0.2) is 0 Å². The second-order valence-electron chi connectivity index (χ2n) is 6.09. The van der Waals surface area contributed by atoms with E-state index in [2.05, 4.69) is 36.0 Å². The van der Waals surface area contributed by atoms with E-state index in [1.54, 1.807) is 7.11 Å². The van der Waals surface area contributed by atoms with Crippen LogP contribution in [0.2, 0.25) is 0 Å². The fraction of sp³-hybridized carbons (Fsp3) is 0.625. The van der Waals surface area contributed by atoms with E-state index in [1.165, 1.54) is 5.56 Å². The molecule has 0 aromatic heterocycles. The predicted molar refractivity (Wildman–Crippen MR) is 84.3 cm³/mol. The number of benzene rings is 1. The molecule has 3 N–H and O–H groups in total. The molecule has 1 aliphatic rings. The molecular formula is C16H27N3O2. The summed E-state index contributed by atoms with van der Waals surface area (Å²) in [6, 6.07) is 6.56. The number of aliphatic hydroxyl groups excluding tert-OH is 1. The van der Waals surface area contributed by atoms with Gasteiger partial charge in [-0.25, -0.2) is 0 Å². The van der Waals surface area contributed by atoms with Crippen LogP contribution in [0.5, 0.6) is 5.75 Å². The SMILES string of the molecule is COc1ccc(CN2CC(O)CC2CN(C)C)cc1CN. The molecule has 21 heavy (non-hydrogen) atoms. The molecule has 1 saturated heterocycles. The Labute approximate surface area is 127 Å². The number of likely N-dealkylation sites (tertiary alicyclic amines) is 1. The first-order chi connectivity index (χ1) is 10.0. The molecule has 1 aromatic carbocycles. The Kier molecular flexibility index (Phi) is 5.58. The topological polar surface area (TPSA) is 62.0 Å². The van der Waals surface area contributed by atoms with Crippen molar-refractivity contribution in [3.63, 3.8) is 0 Å². The monoisotopic (exact) mass is 293 g/mol. The van der Waals surface area contributed by atoms with Gasteiger partial charge in [0, 0.05) is 37.8 Å². The van der Waals surface area contributed by atoms with Crippen LogP contribution in [0.4, 0.5) is 0 Å². The summed E-state index contributed by atoms with van der Waals surface area (Å²) in [5, 5.41) is 9.94. The van der Waals surface area contributed by atoms with E-state index >= 15 is 0 Å². The summed E-state index contributed by atoms with van der Waals surface area (Å²) in [7, 11) is 5.81. The van der Waals surface area contributed by atoms with E-state index in [1.807, 2.05) is 6.07 Å². The largest absolute Gasteiger partial charge is 0.496 e.